The van der Waals surface area contributed by atoms with E-state index in [2.05, 4.69) is 15.5 Å². The van der Waals surface area contributed by atoms with Crippen molar-refractivity contribution in [1.82, 2.24) is 19.7 Å². The molecule has 2 atom stereocenters. The zero-order valence-corrected chi connectivity index (χ0v) is 17.0. The van der Waals surface area contributed by atoms with Crippen molar-refractivity contribution in [2.75, 3.05) is 16.9 Å². The van der Waals surface area contributed by atoms with Crippen LogP contribution in [-0.2, 0) is 22.6 Å². The van der Waals surface area contributed by atoms with Crippen molar-refractivity contribution in [3.63, 3.8) is 0 Å². The van der Waals surface area contributed by atoms with Gasteiger partial charge in [-0.2, -0.15) is 0 Å². The number of nitrogens with one attached hydrogen (secondary N) is 1. The number of rotatable bonds is 3. The molecule has 0 aliphatic carbocycles. The third-order valence-electron chi connectivity index (χ3n) is 5.72. The van der Waals surface area contributed by atoms with Crippen LogP contribution in [0.1, 0.15) is 29.8 Å². The van der Waals surface area contributed by atoms with Crippen molar-refractivity contribution in [3.8, 4) is 0 Å². The van der Waals surface area contributed by atoms with E-state index in [4.69, 9.17) is 0 Å². The number of carbonyl (C=O) groups is 2. The van der Waals surface area contributed by atoms with Crippen LogP contribution >= 0.6 is 11.8 Å². The van der Waals surface area contributed by atoms with Crippen LogP contribution in [0.2, 0.25) is 0 Å². The normalized spacial score (nSPS) is 21.9. The number of fused-ring (bicyclic) bond motifs is 1. The van der Waals surface area contributed by atoms with Crippen LogP contribution in [-0.4, -0.2) is 49.2 Å². The van der Waals surface area contributed by atoms with E-state index in [1.807, 2.05) is 36.6 Å². The second kappa shape index (κ2) is 7.95. The van der Waals surface area contributed by atoms with E-state index in [-0.39, 0.29) is 17.7 Å². The minimum atomic E-state index is -0.416. The third kappa shape index (κ3) is 3.78. The predicted molar refractivity (Wildman–Crippen MR) is 109 cm³/mol. The lowest BCUT2D eigenvalue weighted by Gasteiger charge is -2.27. The molecular formula is C20H25N5O2S. The van der Waals surface area contributed by atoms with E-state index >= 15 is 0 Å². The first-order valence-electron chi connectivity index (χ1n) is 9.66. The summed E-state index contributed by atoms with van der Waals surface area (Å²) < 4.78 is 2.02. The lowest BCUT2D eigenvalue weighted by molar-refractivity contribution is -0.140. The summed E-state index contributed by atoms with van der Waals surface area (Å²) >= 11 is 1.64. The summed E-state index contributed by atoms with van der Waals surface area (Å²) in [6.45, 7) is 4.82. The van der Waals surface area contributed by atoms with E-state index in [1.165, 1.54) is 5.56 Å². The number of hydrogen-bond donors (Lipinski definition) is 1. The van der Waals surface area contributed by atoms with Crippen molar-refractivity contribution in [2.24, 2.45) is 5.92 Å². The van der Waals surface area contributed by atoms with Gasteiger partial charge >= 0.3 is 0 Å². The molecule has 1 aromatic carbocycles. The van der Waals surface area contributed by atoms with Gasteiger partial charge in [0, 0.05) is 30.3 Å². The van der Waals surface area contributed by atoms with Gasteiger partial charge in [0.05, 0.1) is 5.88 Å². The Morgan fingerprint density at radius 2 is 2.07 bits per heavy atom. The molecule has 7 nitrogen and oxygen atoms in total. The smallest absolute Gasteiger partial charge is 0.248 e. The Labute approximate surface area is 168 Å². The summed E-state index contributed by atoms with van der Waals surface area (Å²) in [6, 6.07) is 5.47. The highest BCUT2D eigenvalue weighted by Gasteiger charge is 2.38. The van der Waals surface area contributed by atoms with Gasteiger partial charge in [0.2, 0.25) is 11.8 Å². The van der Waals surface area contributed by atoms with E-state index in [0.717, 1.165) is 42.9 Å². The van der Waals surface area contributed by atoms with Gasteiger partial charge in [0.1, 0.15) is 18.2 Å². The molecule has 2 aliphatic heterocycles. The SMILES string of the molecule is Cc1ccc(NC(=O)C2CSCN2C(=O)C2CCc3nncn3CC2)cc1C. The van der Waals surface area contributed by atoms with Crippen molar-refractivity contribution < 1.29 is 9.59 Å². The maximum atomic E-state index is 13.2. The minimum Gasteiger partial charge on any atom is -0.324 e. The van der Waals surface area contributed by atoms with Crippen LogP contribution in [0.5, 0.6) is 0 Å². The Bertz CT molecular complexity index is 874. The molecule has 1 saturated heterocycles. The quantitative estimate of drug-likeness (QED) is 0.857. The highest BCUT2D eigenvalue weighted by Crippen LogP contribution is 2.28. The summed E-state index contributed by atoms with van der Waals surface area (Å²) in [7, 11) is 0. The fourth-order valence-electron chi connectivity index (χ4n) is 3.81. The van der Waals surface area contributed by atoms with Gasteiger partial charge in [-0.3, -0.25) is 9.59 Å². The Morgan fingerprint density at radius 1 is 1.21 bits per heavy atom. The zero-order chi connectivity index (χ0) is 19.7. The Balaban J connectivity index is 1.42. The second-order valence-corrected chi connectivity index (χ2v) is 8.58. The number of benzene rings is 1. The van der Waals surface area contributed by atoms with Crippen LogP contribution < -0.4 is 5.32 Å². The van der Waals surface area contributed by atoms with E-state index in [1.54, 1.807) is 23.0 Å². The van der Waals surface area contributed by atoms with Gasteiger partial charge in [-0.05, 0) is 49.9 Å². The molecule has 2 unspecified atom stereocenters. The first kappa shape index (κ1) is 19.0. The number of anilines is 1. The van der Waals surface area contributed by atoms with Gasteiger partial charge in [-0.25, -0.2) is 0 Å². The molecule has 0 spiro atoms. The molecular weight excluding hydrogens is 374 g/mol. The van der Waals surface area contributed by atoms with Crippen LogP contribution in [0.3, 0.4) is 0 Å². The molecule has 1 aromatic heterocycles. The summed E-state index contributed by atoms with van der Waals surface area (Å²) in [6.07, 6.45) is 3.99. The fraction of sp³-hybridized carbons (Fsp3) is 0.500. The molecule has 0 saturated carbocycles. The average molecular weight is 400 g/mol. The van der Waals surface area contributed by atoms with Crippen LogP contribution in [0.15, 0.2) is 24.5 Å². The standard InChI is InChI=1S/C20H25N5O2S/c1-13-3-5-16(9-14(13)2)22-19(26)17-10-28-12-25(17)20(27)15-4-6-18-23-21-11-24(18)8-7-15/h3,5,9,11,15,17H,4,6-8,10,12H2,1-2H3,(H,22,26). The highest BCUT2D eigenvalue weighted by atomic mass is 32.2. The molecule has 2 aliphatic rings. The summed E-state index contributed by atoms with van der Waals surface area (Å²) in [5.41, 5.74) is 3.11. The molecule has 4 rings (SSSR count). The molecule has 28 heavy (non-hydrogen) atoms. The molecule has 2 amide bonds. The van der Waals surface area contributed by atoms with Gasteiger partial charge < -0.3 is 14.8 Å². The van der Waals surface area contributed by atoms with Crippen molar-refractivity contribution in [3.05, 3.63) is 41.5 Å². The molecule has 3 heterocycles. The van der Waals surface area contributed by atoms with Crippen LogP contribution in [0.25, 0.3) is 0 Å². The number of aromatic nitrogens is 3. The van der Waals surface area contributed by atoms with Crippen molar-refractivity contribution in [2.45, 2.75) is 45.7 Å². The predicted octanol–water partition coefficient (Wildman–Crippen LogP) is 2.39. The van der Waals surface area contributed by atoms with Crippen LogP contribution in [0.4, 0.5) is 5.69 Å². The first-order chi connectivity index (χ1) is 13.5. The lowest BCUT2D eigenvalue weighted by atomic mass is 9.98. The van der Waals surface area contributed by atoms with Crippen molar-refractivity contribution >= 4 is 29.3 Å². The number of amides is 2. The molecule has 0 bridgehead atoms. The Morgan fingerprint density at radius 3 is 2.89 bits per heavy atom. The third-order valence-corrected chi connectivity index (χ3v) is 6.73. The minimum absolute atomic E-state index is 0.0719. The van der Waals surface area contributed by atoms with Gasteiger partial charge in [0.15, 0.2) is 0 Å². The lowest BCUT2D eigenvalue weighted by Crippen LogP contribution is -2.46. The molecule has 1 fully saturated rings. The van der Waals surface area contributed by atoms with E-state index in [9.17, 15) is 9.59 Å². The van der Waals surface area contributed by atoms with Gasteiger partial charge in [0.25, 0.3) is 0 Å². The average Bonchev–Trinajstić information content (AvgIpc) is 3.30. The van der Waals surface area contributed by atoms with E-state index < -0.39 is 6.04 Å². The summed E-state index contributed by atoms with van der Waals surface area (Å²) in [4.78, 5) is 27.8. The maximum Gasteiger partial charge on any atom is 0.248 e. The summed E-state index contributed by atoms with van der Waals surface area (Å²) in [5, 5.41) is 11.1. The number of carbonyl (C=O) groups excluding carboxylic acids is 2. The topological polar surface area (TPSA) is 80.1 Å². The fourth-order valence-corrected chi connectivity index (χ4v) is 4.97. The first-order valence-corrected chi connectivity index (χ1v) is 10.8. The second-order valence-electron chi connectivity index (χ2n) is 7.58. The maximum absolute atomic E-state index is 13.2. The van der Waals surface area contributed by atoms with Crippen molar-refractivity contribution in [1.29, 1.82) is 0 Å². The van der Waals surface area contributed by atoms with Gasteiger partial charge in [-0.15, -0.1) is 22.0 Å². The monoisotopic (exact) mass is 399 g/mol. The molecule has 0 radical (unpaired) electrons. The van der Waals surface area contributed by atoms with Crippen LogP contribution in [0, 0.1) is 19.8 Å². The molecule has 2 aromatic rings. The van der Waals surface area contributed by atoms with Gasteiger partial charge in [-0.1, -0.05) is 6.07 Å². The number of nitrogens with zero attached hydrogens (tertiary/aromatic N) is 4. The zero-order valence-electron chi connectivity index (χ0n) is 16.2. The van der Waals surface area contributed by atoms with E-state index in [0.29, 0.717) is 11.6 Å². The molecule has 8 heteroatoms. The number of aryl methyl sites for hydroxylation is 4. The molecule has 1 N–H and O–H groups in total. The summed E-state index contributed by atoms with van der Waals surface area (Å²) in [5.74, 6) is 2.07. The number of thioether (sulfide) groups is 1. The molecule has 148 valence electrons. The largest absolute Gasteiger partial charge is 0.324 e. The Hall–Kier alpha value is -2.35. The number of hydrogen-bond acceptors (Lipinski definition) is 5. The highest BCUT2D eigenvalue weighted by molar-refractivity contribution is 7.99. The Kier molecular flexibility index (Phi) is 5.39.